The summed E-state index contributed by atoms with van der Waals surface area (Å²) in [6, 6.07) is 3.59. The zero-order chi connectivity index (χ0) is 18.1. The first-order valence-electron chi connectivity index (χ1n) is 8.77. The molecule has 4 rings (SSSR count). The fourth-order valence-corrected chi connectivity index (χ4v) is 4.40. The maximum absolute atomic E-state index is 12.8. The average Bonchev–Trinajstić information content (AvgIpc) is 3.40. The number of nitrogens with zero attached hydrogens (tertiary/aromatic N) is 3. The van der Waals surface area contributed by atoms with E-state index in [-0.39, 0.29) is 17.7 Å². The number of thiazole rings is 1. The van der Waals surface area contributed by atoms with Crippen molar-refractivity contribution in [1.29, 1.82) is 0 Å². The third kappa shape index (κ3) is 3.96. The van der Waals surface area contributed by atoms with Crippen LogP contribution < -0.4 is 5.32 Å². The largest absolute Gasteiger partial charge is 0.337 e. The molecule has 2 aromatic heterocycles. The Balaban J connectivity index is 1.38. The molecule has 3 heterocycles. The first kappa shape index (κ1) is 17.6. The molecule has 1 saturated carbocycles. The van der Waals surface area contributed by atoms with E-state index in [1.165, 1.54) is 24.2 Å². The zero-order valence-corrected chi connectivity index (χ0v) is 16.6. The van der Waals surface area contributed by atoms with Gasteiger partial charge in [-0.15, -0.1) is 11.3 Å². The van der Waals surface area contributed by atoms with Crippen molar-refractivity contribution in [1.82, 2.24) is 14.9 Å². The van der Waals surface area contributed by atoms with Crippen molar-refractivity contribution in [3.05, 3.63) is 38.9 Å². The number of likely N-dealkylation sites (tertiary alicyclic amines) is 1. The van der Waals surface area contributed by atoms with Crippen LogP contribution in [0, 0.1) is 5.92 Å². The Morgan fingerprint density at radius 1 is 1.19 bits per heavy atom. The lowest BCUT2D eigenvalue weighted by Gasteiger charge is -2.31. The summed E-state index contributed by atoms with van der Waals surface area (Å²) in [6.07, 6.45) is 7.30. The van der Waals surface area contributed by atoms with E-state index < -0.39 is 0 Å². The highest BCUT2D eigenvalue weighted by Gasteiger charge is 2.32. The topological polar surface area (TPSA) is 75.2 Å². The van der Waals surface area contributed by atoms with Crippen LogP contribution in [0.5, 0.6) is 0 Å². The Morgan fingerprint density at radius 3 is 2.77 bits per heavy atom. The summed E-state index contributed by atoms with van der Waals surface area (Å²) in [7, 11) is 0. The van der Waals surface area contributed by atoms with Crippen molar-refractivity contribution in [2.24, 2.45) is 5.92 Å². The molecule has 0 bridgehead atoms. The minimum absolute atomic E-state index is 0.00586. The van der Waals surface area contributed by atoms with E-state index in [0.29, 0.717) is 29.7 Å². The first-order chi connectivity index (χ1) is 12.6. The molecular weight excluding hydrogens is 416 g/mol. The highest BCUT2D eigenvalue weighted by molar-refractivity contribution is 9.10. The molecule has 1 atom stereocenters. The molecule has 6 nitrogen and oxygen atoms in total. The summed E-state index contributed by atoms with van der Waals surface area (Å²) >= 11 is 4.83. The van der Waals surface area contributed by atoms with Crippen LogP contribution in [0.25, 0.3) is 0 Å². The Kier molecular flexibility index (Phi) is 5.04. The number of aromatic nitrogens is 2. The number of hydrogen-bond donors (Lipinski definition) is 1. The normalized spacial score (nSPS) is 20.0. The van der Waals surface area contributed by atoms with E-state index in [0.717, 1.165) is 22.3 Å². The number of amides is 2. The van der Waals surface area contributed by atoms with Crippen LogP contribution in [-0.2, 0) is 4.79 Å². The Bertz CT molecular complexity index is 819. The van der Waals surface area contributed by atoms with Gasteiger partial charge in [-0.25, -0.2) is 9.97 Å². The number of piperidine rings is 1. The van der Waals surface area contributed by atoms with E-state index in [9.17, 15) is 9.59 Å². The lowest BCUT2D eigenvalue weighted by molar-refractivity contribution is -0.121. The van der Waals surface area contributed by atoms with Gasteiger partial charge in [-0.1, -0.05) is 0 Å². The number of pyridine rings is 1. The van der Waals surface area contributed by atoms with Crippen LogP contribution in [0.4, 0.5) is 5.82 Å². The molecule has 1 N–H and O–H groups in total. The van der Waals surface area contributed by atoms with Crippen LogP contribution in [0.1, 0.15) is 46.3 Å². The monoisotopic (exact) mass is 434 g/mol. The number of hydrogen-bond acceptors (Lipinski definition) is 5. The molecule has 1 aliphatic heterocycles. The van der Waals surface area contributed by atoms with Gasteiger partial charge in [-0.05, 0) is 53.7 Å². The van der Waals surface area contributed by atoms with Gasteiger partial charge in [0, 0.05) is 29.7 Å². The minimum atomic E-state index is -0.214. The SMILES string of the molecule is O=C(Nc1ccc(Br)cn1)C1CCCN(C(=O)c2cnc(C3CC3)s2)C1. The molecule has 2 amide bonds. The summed E-state index contributed by atoms with van der Waals surface area (Å²) in [5.74, 6) is 0.779. The summed E-state index contributed by atoms with van der Waals surface area (Å²) < 4.78 is 0.861. The number of carbonyl (C=O) groups is 2. The summed E-state index contributed by atoms with van der Waals surface area (Å²) in [5, 5.41) is 3.92. The van der Waals surface area contributed by atoms with Gasteiger partial charge in [0.2, 0.25) is 5.91 Å². The lowest BCUT2D eigenvalue weighted by Crippen LogP contribution is -2.43. The molecule has 2 fully saturated rings. The second-order valence-electron chi connectivity index (χ2n) is 6.78. The number of carbonyl (C=O) groups excluding carboxylic acids is 2. The Labute approximate surface area is 164 Å². The maximum Gasteiger partial charge on any atom is 0.265 e. The van der Waals surface area contributed by atoms with E-state index in [2.05, 4.69) is 31.2 Å². The number of rotatable bonds is 4. The molecule has 2 aromatic rings. The fraction of sp³-hybridized carbons (Fsp3) is 0.444. The quantitative estimate of drug-likeness (QED) is 0.796. The van der Waals surface area contributed by atoms with Gasteiger partial charge in [0.25, 0.3) is 5.91 Å². The summed E-state index contributed by atoms with van der Waals surface area (Å²) in [6.45, 7) is 1.13. The highest BCUT2D eigenvalue weighted by atomic mass is 79.9. The van der Waals surface area contributed by atoms with Crippen LogP contribution in [0.15, 0.2) is 29.0 Å². The van der Waals surface area contributed by atoms with E-state index in [1.807, 2.05) is 6.07 Å². The van der Waals surface area contributed by atoms with Crippen molar-refractivity contribution in [2.45, 2.75) is 31.6 Å². The molecule has 1 saturated heterocycles. The van der Waals surface area contributed by atoms with Crippen LogP contribution in [0.2, 0.25) is 0 Å². The Morgan fingerprint density at radius 2 is 2.04 bits per heavy atom. The third-order valence-electron chi connectivity index (χ3n) is 4.72. The van der Waals surface area contributed by atoms with Gasteiger partial charge in [0.15, 0.2) is 0 Å². The molecule has 0 aromatic carbocycles. The minimum Gasteiger partial charge on any atom is -0.337 e. The molecule has 8 heteroatoms. The van der Waals surface area contributed by atoms with Gasteiger partial charge in [-0.2, -0.15) is 0 Å². The van der Waals surface area contributed by atoms with E-state index in [4.69, 9.17) is 0 Å². The first-order valence-corrected chi connectivity index (χ1v) is 10.4. The maximum atomic E-state index is 12.8. The molecule has 1 unspecified atom stereocenters. The zero-order valence-electron chi connectivity index (χ0n) is 14.2. The van der Waals surface area contributed by atoms with Gasteiger partial charge in [0.05, 0.1) is 17.1 Å². The second-order valence-corrected chi connectivity index (χ2v) is 8.76. The summed E-state index contributed by atoms with van der Waals surface area (Å²) in [5.41, 5.74) is 0. The summed E-state index contributed by atoms with van der Waals surface area (Å²) in [4.78, 5) is 36.3. The van der Waals surface area contributed by atoms with Crippen molar-refractivity contribution in [3.63, 3.8) is 0 Å². The van der Waals surface area contributed by atoms with E-state index in [1.54, 1.807) is 23.4 Å². The Hall–Kier alpha value is -1.80. The van der Waals surface area contributed by atoms with Crippen LogP contribution in [0.3, 0.4) is 0 Å². The smallest absolute Gasteiger partial charge is 0.265 e. The van der Waals surface area contributed by atoms with Crippen LogP contribution >= 0.6 is 27.3 Å². The lowest BCUT2D eigenvalue weighted by atomic mass is 9.97. The van der Waals surface area contributed by atoms with Gasteiger partial charge >= 0.3 is 0 Å². The predicted molar refractivity (Wildman–Crippen MR) is 103 cm³/mol. The second kappa shape index (κ2) is 7.44. The van der Waals surface area contributed by atoms with Crippen molar-refractivity contribution >= 4 is 44.9 Å². The van der Waals surface area contributed by atoms with Gasteiger partial charge in [0.1, 0.15) is 10.7 Å². The molecule has 1 aliphatic carbocycles. The third-order valence-corrected chi connectivity index (χ3v) is 6.34. The standard InChI is InChI=1S/C18H19BrN4O2S/c19-13-5-6-15(20-8-13)22-16(24)12-2-1-7-23(10-12)18(25)14-9-21-17(26-14)11-3-4-11/h5-6,8-9,11-12H,1-4,7,10H2,(H,20,22,24). The molecule has 0 spiro atoms. The number of anilines is 1. The van der Waals surface area contributed by atoms with Gasteiger partial charge < -0.3 is 10.2 Å². The molecular formula is C18H19BrN4O2S. The van der Waals surface area contributed by atoms with Crippen molar-refractivity contribution < 1.29 is 9.59 Å². The predicted octanol–water partition coefficient (Wildman–Crippen LogP) is 3.67. The molecule has 26 heavy (non-hydrogen) atoms. The van der Waals surface area contributed by atoms with Crippen molar-refractivity contribution in [2.75, 3.05) is 18.4 Å². The molecule has 0 radical (unpaired) electrons. The average molecular weight is 435 g/mol. The number of halogens is 1. The van der Waals surface area contributed by atoms with Gasteiger partial charge in [-0.3, -0.25) is 9.59 Å². The molecule has 136 valence electrons. The fourth-order valence-electron chi connectivity index (χ4n) is 3.12. The van der Waals surface area contributed by atoms with Crippen molar-refractivity contribution in [3.8, 4) is 0 Å². The number of nitrogens with one attached hydrogen (secondary N) is 1. The highest BCUT2D eigenvalue weighted by Crippen LogP contribution is 2.42. The van der Waals surface area contributed by atoms with E-state index >= 15 is 0 Å². The molecule has 2 aliphatic rings. The van der Waals surface area contributed by atoms with Crippen LogP contribution in [-0.4, -0.2) is 39.8 Å².